The Bertz CT molecular complexity index is 1090. The molecule has 0 fully saturated rings. The summed E-state index contributed by atoms with van der Waals surface area (Å²) in [5.74, 6) is -0.489. The molecule has 3 N–H and O–H groups in total. The van der Waals surface area contributed by atoms with Crippen molar-refractivity contribution < 1.29 is 9.59 Å². The van der Waals surface area contributed by atoms with Gasteiger partial charge in [0.15, 0.2) is 0 Å². The molecule has 5 nitrogen and oxygen atoms in total. The lowest BCUT2D eigenvalue weighted by molar-refractivity contribution is -0.117. The molecule has 0 heterocycles. The number of hydrogen-bond donors (Lipinski definition) is 3. The highest BCUT2D eigenvalue weighted by molar-refractivity contribution is 9.10. The monoisotopic (exact) mass is 505 g/mol. The summed E-state index contributed by atoms with van der Waals surface area (Å²) in [4.78, 5) is 24.5. The molecule has 1 atom stereocenters. The molecule has 3 aromatic carbocycles. The summed E-state index contributed by atoms with van der Waals surface area (Å²) < 4.78 is 0.773. The third-order valence-electron chi connectivity index (χ3n) is 4.16. The van der Waals surface area contributed by atoms with Gasteiger partial charge in [0, 0.05) is 27.8 Å². The smallest absolute Gasteiger partial charge is 0.251 e. The van der Waals surface area contributed by atoms with Crippen molar-refractivity contribution in [1.82, 2.24) is 0 Å². The molecule has 0 aliphatic rings. The first-order chi connectivity index (χ1) is 14.3. The number of halogens is 3. The molecule has 0 saturated heterocycles. The van der Waals surface area contributed by atoms with E-state index in [1.54, 1.807) is 42.5 Å². The second-order valence-corrected chi connectivity index (χ2v) is 8.17. The minimum atomic E-state index is -0.747. The van der Waals surface area contributed by atoms with Gasteiger partial charge in [-0.25, -0.2) is 0 Å². The molecular weight excluding hydrogens is 489 g/mol. The molecule has 3 rings (SSSR count). The van der Waals surface area contributed by atoms with Crippen LogP contribution in [0.2, 0.25) is 10.0 Å². The Hall–Kier alpha value is -2.54. The van der Waals surface area contributed by atoms with Crippen molar-refractivity contribution >= 4 is 68.0 Å². The molecule has 30 heavy (non-hydrogen) atoms. The molecule has 0 spiro atoms. The number of amides is 2. The zero-order valence-electron chi connectivity index (χ0n) is 15.9. The molecule has 1 unspecified atom stereocenters. The predicted molar refractivity (Wildman–Crippen MR) is 126 cm³/mol. The molecular formula is C22H18BrCl2N3O2. The van der Waals surface area contributed by atoms with Crippen LogP contribution in [0.15, 0.2) is 71.2 Å². The van der Waals surface area contributed by atoms with E-state index in [4.69, 9.17) is 23.2 Å². The SMILES string of the molecule is CC(=O)Nc1cccc(NC(=O)C(Nc2ccc(Cl)cc2Cl)c2ccccc2Br)c1. The Morgan fingerprint density at radius 1 is 0.900 bits per heavy atom. The van der Waals surface area contributed by atoms with Crippen molar-refractivity contribution in [2.45, 2.75) is 13.0 Å². The van der Waals surface area contributed by atoms with Crippen molar-refractivity contribution in [3.63, 3.8) is 0 Å². The number of anilines is 3. The van der Waals surface area contributed by atoms with E-state index >= 15 is 0 Å². The van der Waals surface area contributed by atoms with E-state index in [1.807, 2.05) is 24.3 Å². The number of hydrogen-bond acceptors (Lipinski definition) is 3. The topological polar surface area (TPSA) is 70.2 Å². The summed E-state index contributed by atoms with van der Waals surface area (Å²) in [7, 11) is 0. The number of rotatable bonds is 6. The molecule has 0 aliphatic carbocycles. The van der Waals surface area contributed by atoms with Crippen LogP contribution in [0.3, 0.4) is 0 Å². The maximum atomic E-state index is 13.2. The lowest BCUT2D eigenvalue weighted by Gasteiger charge is -2.22. The molecule has 0 aromatic heterocycles. The van der Waals surface area contributed by atoms with Crippen molar-refractivity contribution in [3.05, 3.63) is 86.8 Å². The van der Waals surface area contributed by atoms with E-state index in [-0.39, 0.29) is 11.8 Å². The summed E-state index contributed by atoms with van der Waals surface area (Å²) in [5, 5.41) is 9.69. The fraction of sp³-hybridized carbons (Fsp3) is 0.0909. The summed E-state index contributed by atoms with van der Waals surface area (Å²) in [5.41, 5.74) is 2.45. The summed E-state index contributed by atoms with van der Waals surface area (Å²) in [6.45, 7) is 1.42. The van der Waals surface area contributed by atoms with Crippen LogP contribution in [0.4, 0.5) is 17.1 Å². The van der Waals surface area contributed by atoms with Crippen LogP contribution in [-0.4, -0.2) is 11.8 Å². The zero-order chi connectivity index (χ0) is 21.7. The number of carbonyl (C=O) groups excluding carboxylic acids is 2. The van der Waals surface area contributed by atoms with Crippen LogP contribution >= 0.6 is 39.1 Å². The maximum absolute atomic E-state index is 13.2. The second-order valence-electron chi connectivity index (χ2n) is 6.47. The highest BCUT2D eigenvalue weighted by atomic mass is 79.9. The summed E-state index contributed by atoms with van der Waals surface area (Å²) in [6.07, 6.45) is 0. The quantitative estimate of drug-likeness (QED) is 0.357. The van der Waals surface area contributed by atoms with Crippen LogP contribution in [0.1, 0.15) is 18.5 Å². The molecule has 0 bridgehead atoms. The van der Waals surface area contributed by atoms with Gasteiger partial charge in [0.25, 0.3) is 5.91 Å². The number of carbonyl (C=O) groups is 2. The zero-order valence-corrected chi connectivity index (χ0v) is 19.0. The Kier molecular flexibility index (Phi) is 7.37. The summed E-state index contributed by atoms with van der Waals surface area (Å²) >= 11 is 15.8. The van der Waals surface area contributed by atoms with Crippen LogP contribution in [0.5, 0.6) is 0 Å². The third-order valence-corrected chi connectivity index (χ3v) is 5.43. The first-order valence-corrected chi connectivity index (χ1v) is 10.5. The lowest BCUT2D eigenvalue weighted by Crippen LogP contribution is -2.27. The highest BCUT2D eigenvalue weighted by Crippen LogP contribution is 2.32. The fourth-order valence-corrected chi connectivity index (χ4v) is 3.82. The van der Waals surface area contributed by atoms with E-state index in [2.05, 4.69) is 31.9 Å². The summed E-state index contributed by atoms with van der Waals surface area (Å²) in [6, 6.07) is 18.6. The average molecular weight is 507 g/mol. The normalized spacial score (nSPS) is 11.5. The average Bonchev–Trinajstić information content (AvgIpc) is 2.68. The minimum absolute atomic E-state index is 0.191. The first kappa shape index (κ1) is 22.2. The van der Waals surface area contributed by atoms with Crippen molar-refractivity contribution in [3.8, 4) is 0 Å². The van der Waals surface area contributed by atoms with Gasteiger partial charge in [-0.1, -0.05) is 63.4 Å². The highest BCUT2D eigenvalue weighted by Gasteiger charge is 2.24. The molecule has 3 aromatic rings. The van der Waals surface area contributed by atoms with Crippen LogP contribution in [0.25, 0.3) is 0 Å². The molecule has 8 heteroatoms. The van der Waals surface area contributed by atoms with Crippen LogP contribution in [-0.2, 0) is 9.59 Å². The van der Waals surface area contributed by atoms with Gasteiger partial charge in [0.1, 0.15) is 6.04 Å². The molecule has 2 amide bonds. The van der Waals surface area contributed by atoms with Gasteiger partial charge in [0.2, 0.25) is 5.91 Å². The molecule has 0 aliphatic heterocycles. The third kappa shape index (κ3) is 5.75. The van der Waals surface area contributed by atoms with E-state index in [9.17, 15) is 9.59 Å². The van der Waals surface area contributed by atoms with Gasteiger partial charge in [-0.05, 0) is 48.0 Å². The van der Waals surface area contributed by atoms with Crippen LogP contribution < -0.4 is 16.0 Å². The predicted octanol–water partition coefficient (Wildman–Crippen LogP) is 6.51. The van der Waals surface area contributed by atoms with Gasteiger partial charge in [-0.15, -0.1) is 0 Å². The van der Waals surface area contributed by atoms with Crippen LogP contribution in [0, 0.1) is 0 Å². The second kappa shape index (κ2) is 9.98. The Morgan fingerprint density at radius 3 is 2.27 bits per heavy atom. The van der Waals surface area contributed by atoms with E-state index in [1.165, 1.54) is 6.92 Å². The number of benzene rings is 3. The fourth-order valence-electron chi connectivity index (χ4n) is 2.85. The molecule has 0 radical (unpaired) electrons. The van der Waals surface area contributed by atoms with Gasteiger partial charge >= 0.3 is 0 Å². The lowest BCUT2D eigenvalue weighted by atomic mass is 10.1. The Morgan fingerprint density at radius 2 is 1.60 bits per heavy atom. The van der Waals surface area contributed by atoms with E-state index in [0.29, 0.717) is 27.1 Å². The molecule has 0 saturated carbocycles. The van der Waals surface area contributed by atoms with E-state index < -0.39 is 6.04 Å². The first-order valence-electron chi connectivity index (χ1n) is 8.98. The van der Waals surface area contributed by atoms with Gasteiger partial charge in [0.05, 0.1) is 10.7 Å². The standard InChI is InChI=1S/C22H18BrCl2N3O2/c1-13(29)26-15-5-4-6-16(12-15)27-22(30)21(17-7-2-3-8-18(17)23)28-20-10-9-14(24)11-19(20)25/h2-12,21,28H,1H3,(H,26,29)(H,27,30). The van der Waals surface area contributed by atoms with E-state index in [0.717, 1.165) is 10.0 Å². The Balaban J connectivity index is 1.91. The number of nitrogens with one attached hydrogen (secondary N) is 3. The van der Waals surface area contributed by atoms with Crippen molar-refractivity contribution in [2.24, 2.45) is 0 Å². The van der Waals surface area contributed by atoms with Crippen molar-refractivity contribution in [2.75, 3.05) is 16.0 Å². The van der Waals surface area contributed by atoms with Gasteiger partial charge < -0.3 is 16.0 Å². The largest absolute Gasteiger partial charge is 0.369 e. The van der Waals surface area contributed by atoms with Gasteiger partial charge in [-0.2, -0.15) is 0 Å². The molecule has 154 valence electrons. The van der Waals surface area contributed by atoms with Crippen molar-refractivity contribution in [1.29, 1.82) is 0 Å². The minimum Gasteiger partial charge on any atom is -0.369 e. The Labute approximate surface area is 192 Å². The van der Waals surface area contributed by atoms with Gasteiger partial charge in [-0.3, -0.25) is 9.59 Å². The maximum Gasteiger partial charge on any atom is 0.251 e.